The summed E-state index contributed by atoms with van der Waals surface area (Å²) in [5.41, 5.74) is 9.22. The molecule has 2 aromatic heterocycles. The molecule has 27 heavy (non-hydrogen) atoms. The first-order chi connectivity index (χ1) is 13.0. The van der Waals surface area contributed by atoms with Crippen molar-refractivity contribution in [2.24, 2.45) is 5.73 Å². The lowest BCUT2D eigenvalue weighted by atomic mass is 9.95. The molecule has 0 saturated heterocycles. The number of H-pyrrole nitrogens is 1. The minimum absolute atomic E-state index is 0.0700. The summed E-state index contributed by atoms with van der Waals surface area (Å²) in [7, 11) is 0. The summed E-state index contributed by atoms with van der Waals surface area (Å²) < 4.78 is 6.14. The van der Waals surface area contributed by atoms with Crippen LogP contribution in [0.2, 0.25) is 0 Å². The Balaban J connectivity index is 2.09. The monoisotopic (exact) mass is 378 g/mol. The first-order valence-corrected chi connectivity index (χ1v) is 9.44. The second kappa shape index (κ2) is 6.64. The zero-order valence-electron chi connectivity index (χ0n) is 14.9. The molecule has 0 bridgehead atoms. The summed E-state index contributed by atoms with van der Waals surface area (Å²) in [6, 6.07) is 13.2. The second-order valence-corrected chi connectivity index (χ2v) is 7.40. The standard InChI is InChI=1S/C21H18N2O3S/c1-11(22)13-3-5-14(6-4-13)18-17(26-12(2)24)8-7-16-19(18)15-9-10-27-20(15)21(25)23-16/h3-11H,22H2,1-2H3,(H,23,25). The van der Waals surface area contributed by atoms with Crippen molar-refractivity contribution in [1.82, 2.24) is 4.98 Å². The van der Waals surface area contributed by atoms with Crippen LogP contribution in [0.4, 0.5) is 0 Å². The highest BCUT2D eigenvalue weighted by molar-refractivity contribution is 7.17. The maximum atomic E-state index is 12.3. The number of hydrogen-bond donors (Lipinski definition) is 2. The van der Waals surface area contributed by atoms with Crippen molar-refractivity contribution >= 4 is 38.3 Å². The Morgan fingerprint density at radius 3 is 2.56 bits per heavy atom. The van der Waals surface area contributed by atoms with Crippen LogP contribution >= 0.6 is 11.3 Å². The average Bonchev–Trinajstić information content (AvgIpc) is 3.12. The highest BCUT2D eigenvalue weighted by Crippen LogP contribution is 2.40. The Bertz CT molecular complexity index is 1220. The lowest BCUT2D eigenvalue weighted by Crippen LogP contribution is -2.07. The average molecular weight is 378 g/mol. The first-order valence-electron chi connectivity index (χ1n) is 8.56. The van der Waals surface area contributed by atoms with E-state index in [1.54, 1.807) is 12.1 Å². The molecule has 2 heterocycles. The fourth-order valence-corrected chi connectivity index (χ4v) is 4.10. The Hall–Kier alpha value is -2.96. The molecule has 0 radical (unpaired) electrons. The number of hydrogen-bond acceptors (Lipinski definition) is 5. The molecule has 0 amide bonds. The molecule has 5 nitrogen and oxygen atoms in total. The van der Waals surface area contributed by atoms with Gasteiger partial charge in [-0.2, -0.15) is 0 Å². The third kappa shape index (κ3) is 3.03. The first kappa shape index (κ1) is 17.5. The van der Waals surface area contributed by atoms with Crippen molar-refractivity contribution in [3.8, 4) is 16.9 Å². The van der Waals surface area contributed by atoms with E-state index >= 15 is 0 Å². The Kier molecular flexibility index (Phi) is 4.30. The highest BCUT2D eigenvalue weighted by Gasteiger charge is 2.17. The van der Waals surface area contributed by atoms with Crippen molar-refractivity contribution in [3.63, 3.8) is 0 Å². The molecule has 0 aliphatic heterocycles. The fraction of sp³-hybridized carbons (Fsp3) is 0.143. The van der Waals surface area contributed by atoms with E-state index in [9.17, 15) is 9.59 Å². The molecule has 2 aromatic carbocycles. The third-order valence-corrected chi connectivity index (χ3v) is 5.45. The molecule has 136 valence electrons. The van der Waals surface area contributed by atoms with E-state index in [4.69, 9.17) is 10.5 Å². The quantitative estimate of drug-likeness (QED) is 0.410. The number of thiophene rings is 1. The number of benzene rings is 2. The van der Waals surface area contributed by atoms with Crippen LogP contribution in [0, 0.1) is 0 Å². The van der Waals surface area contributed by atoms with E-state index < -0.39 is 5.97 Å². The number of carbonyl (C=O) groups excluding carboxylic acids is 1. The van der Waals surface area contributed by atoms with Gasteiger partial charge in [0.15, 0.2) is 0 Å². The minimum atomic E-state index is -0.395. The van der Waals surface area contributed by atoms with Gasteiger partial charge >= 0.3 is 5.97 Å². The number of rotatable bonds is 3. The molecule has 0 fully saturated rings. The molecular formula is C21H18N2O3S. The van der Waals surface area contributed by atoms with Crippen molar-refractivity contribution in [2.75, 3.05) is 0 Å². The van der Waals surface area contributed by atoms with Gasteiger partial charge in [-0.05, 0) is 41.6 Å². The van der Waals surface area contributed by atoms with E-state index in [2.05, 4.69) is 4.98 Å². The van der Waals surface area contributed by atoms with Crippen LogP contribution in [0.1, 0.15) is 25.5 Å². The third-order valence-electron chi connectivity index (χ3n) is 4.53. The number of fused-ring (bicyclic) bond motifs is 3. The lowest BCUT2D eigenvalue weighted by molar-refractivity contribution is -0.131. The normalized spacial score (nSPS) is 12.4. The smallest absolute Gasteiger partial charge is 0.308 e. The SMILES string of the molecule is CC(=O)Oc1ccc2[nH]c(=O)c3sccc3c2c1-c1ccc(C(C)N)cc1. The minimum Gasteiger partial charge on any atom is -0.426 e. The topological polar surface area (TPSA) is 85.2 Å². The maximum Gasteiger partial charge on any atom is 0.308 e. The summed E-state index contributed by atoms with van der Waals surface area (Å²) in [5, 5.41) is 3.60. The lowest BCUT2D eigenvalue weighted by Gasteiger charge is -2.14. The number of carbonyl (C=O) groups is 1. The summed E-state index contributed by atoms with van der Waals surface area (Å²) >= 11 is 1.39. The van der Waals surface area contributed by atoms with Gasteiger partial charge in [-0.3, -0.25) is 9.59 Å². The predicted molar refractivity (Wildman–Crippen MR) is 109 cm³/mol. The summed E-state index contributed by atoms with van der Waals surface area (Å²) in [5.74, 6) is 0.0666. The van der Waals surface area contributed by atoms with Gasteiger partial charge in [0.25, 0.3) is 5.56 Å². The number of nitrogens with two attached hydrogens (primary N) is 1. The molecular weight excluding hydrogens is 360 g/mol. The summed E-state index contributed by atoms with van der Waals surface area (Å²) in [6.07, 6.45) is 0. The van der Waals surface area contributed by atoms with Crippen LogP contribution in [0.5, 0.6) is 5.75 Å². The molecule has 1 atom stereocenters. The van der Waals surface area contributed by atoms with Gasteiger partial charge in [0.1, 0.15) is 10.4 Å². The van der Waals surface area contributed by atoms with Crippen LogP contribution < -0.4 is 16.0 Å². The predicted octanol–water partition coefficient (Wildman–Crippen LogP) is 4.35. The Morgan fingerprint density at radius 2 is 1.89 bits per heavy atom. The van der Waals surface area contributed by atoms with E-state index in [1.165, 1.54) is 18.3 Å². The highest BCUT2D eigenvalue weighted by atomic mass is 32.1. The molecule has 0 aliphatic rings. The number of ether oxygens (including phenoxy) is 1. The van der Waals surface area contributed by atoms with Crippen molar-refractivity contribution in [2.45, 2.75) is 19.9 Å². The summed E-state index contributed by atoms with van der Waals surface area (Å²) in [4.78, 5) is 26.9. The molecule has 6 heteroatoms. The van der Waals surface area contributed by atoms with Gasteiger partial charge in [-0.25, -0.2) is 0 Å². The van der Waals surface area contributed by atoms with Crippen LogP contribution in [-0.4, -0.2) is 11.0 Å². The van der Waals surface area contributed by atoms with Crippen molar-refractivity contribution in [1.29, 1.82) is 0 Å². The second-order valence-electron chi connectivity index (χ2n) is 6.48. The zero-order valence-corrected chi connectivity index (χ0v) is 15.7. The van der Waals surface area contributed by atoms with Gasteiger partial charge in [-0.1, -0.05) is 24.3 Å². The number of nitrogens with one attached hydrogen (secondary N) is 1. The molecule has 1 unspecified atom stereocenters. The zero-order chi connectivity index (χ0) is 19.1. The van der Waals surface area contributed by atoms with E-state index in [0.29, 0.717) is 16.0 Å². The van der Waals surface area contributed by atoms with E-state index in [1.807, 2.05) is 42.6 Å². The van der Waals surface area contributed by atoms with Crippen LogP contribution in [-0.2, 0) is 4.79 Å². The van der Waals surface area contributed by atoms with Gasteiger partial charge < -0.3 is 15.5 Å². The Labute approximate surface area is 159 Å². The fourth-order valence-electron chi connectivity index (χ4n) is 3.31. The largest absolute Gasteiger partial charge is 0.426 e. The molecule has 4 rings (SSSR count). The van der Waals surface area contributed by atoms with Crippen LogP contribution in [0.25, 0.3) is 32.1 Å². The molecule has 0 saturated carbocycles. The molecule has 4 aromatic rings. The van der Waals surface area contributed by atoms with Crippen LogP contribution in [0.15, 0.2) is 52.6 Å². The molecule has 3 N–H and O–H groups in total. The molecule has 0 aliphatic carbocycles. The number of aromatic nitrogens is 1. The van der Waals surface area contributed by atoms with Gasteiger partial charge in [0.2, 0.25) is 0 Å². The maximum absolute atomic E-state index is 12.3. The van der Waals surface area contributed by atoms with Crippen molar-refractivity contribution < 1.29 is 9.53 Å². The number of pyridine rings is 1. The van der Waals surface area contributed by atoms with Gasteiger partial charge in [0, 0.05) is 34.8 Å². The van der Waals surface area contributed by atoms with Gasteiger partial charge in [-0.15, -0.1) is 11.3 Å². The molecule has 0 spiro atoms. The number of aromatic amines is 1. The summed E-state index contributed by atoms with van der Waals surface area (Å²) in [6.45, 7) is 3.30. The van der Waals surface area contributed by atoms with E-state index in [0.717, 1.165) is 27.5 Å². The van der Waals surface area contributed by atoms with E-state index in [-0.39, 0.29) is 11.6 Å². The van der Waals surface area contributed by atoms with Crippen molar-refractivity contribution in [3.05, 3.63) is 63.8 Å². The van der Waals surface area contributed by atoms with Crippen LogP contribution in [0.3, 0.4) is 0 Å². The Morgan fingerprint density at radius 1 is 1.15 bits per heavy atom. The van der Waals surface area contributed by atoms with Gasteiger partial charge in [0.05, 0.1) is 0 Å². The number of esters is 1.